The second kappa shape index (κ2) is 11.7. The van der Waals surface area contributed by atoms with Gasteiger partial charge in [-0.05, 0) is 18.4 Å². The van der Waals surface area contributed by atoms with Crippen LogP contribution in [0, 0.1) is 11.3 Å². The molecule has 1 heterocycles. The van der Waals surface area contributed by atoms with E-state index in [4.69, 9.17) is 9.53 Å². The van der Waals surface area contributed by atoms with Crippen molar-refractivity contribution in [2.24, 2.45) is 11.3 Å². The van der Waals surface area contributed by atoms with Gasteiger partial charge in [-0.15, -0.1) is 0 Å². The van der Waals surface area contributed by atoms with E-state index >= 15 is 0 Å². The van der Waals surface area contributed by atoms with Crippen LogP contribution in [-0.4, -0.2) is 45.0 Å². The fourth-order valence-electron chi connectivity index (χ4n) is 1.72. The molecule has 3 heteroatoms. The topological polar surface area (TPSA) is 29.5 Å². The Kier molecular flexibility index (Phi) is 12.9. The van der Waals surface area contributed by atoms with Crippen LogP contribution in [0.2, 0.25) is 0 Å². The van der Waals surface area contributed by atoms with Gasteiger partial charge in [0.1, 0.15) is 6.79 Å². The van der Waals surface area contributed by atoms with E-state index in [0.29, 0.717) is 5.41 Å². The van der Waals surface area contributed by atoms with E-state index in [2.05, 4.69) is 46.6 Å². The van der Waals surface area contributed by atoms with Crippen LogP contribution >= 0.6 is 0 Å². The van der Waals surface area contributed by atoms with Crippen LogP contribution in [0.4, 0.5) is 0 Å². The number of ether oxygens (including phenoxy) is 1. The van der Waals surface area contributed by atoms with Crippen LogP contribution in [0.25, 0.3) is 0 Å². The highest BCUT2D eigenvalue weighted by Crippen LogP contribution is 2.33. The summed E-state index contributed by atoms with van der Waals surface area (Å²) in [6.45, 7) is 17.6. The quantitative estimate of drug-likeness (QED) is 0.779. The molecule has 110 valence electrons. The molecule has 0 atom stereocenters. The molecule has 3 nitrogen and oxygen atoms in total. The lowest BCUT2D eigenvalue weighted by Crippen LogP contribution is -2.32. The van der Waals surface area contributed by atoms with Crippen LogP contribution in [0.3, 0.4) is 0 Å². The van der Waals surface area contributed by atoms with Gasteiger partial charge in [0.2, 0.25) is 0 Å². The zero-order chi connectivity index (χ0) is 14.6. The Labute approximate surface area is 114 Å². The Bertz CT molecular complexity index is 173. The summed E-state index contributed by atoms with van der Waals surface area (Å²) >= 11 is 0. The largest absolute Gasteiger partial charge is 0.379 e. The Morgan fingerprint density at radius 1 is 1.17 bits per heavy atom. The number of rotatable bonds is 3. The first-order valence-corrected chi connectivity index (χ1v) is 7.01. The number of carbonyl (C=O) groups excluding carboxylic acids is 1. The van der Waals surface area contributed by atoms with Crippen molar-refractivity contribution in [1.82, 2.24) is 4.90 Å². The van der Waals surface area contributed by atoms with Crippen LogP contribution in [0.5, 0.6) is 0 Å². The fraction of sp³-hybridized carbons (Fsp3) is 0.933. The molecule has 1 aliphatic rings. The number of likely N-dealkylation sites (N-methyl/N-ethyl adjacent to an activating group) is 1. The fourth-order valence-corrected chi connectivity index (χ4v) is 1.72. The molecule has 0 unspecified atom stereocenters. The molecule has 18 heavy (non-hydrogen) atoms. The average Bonchev–Trinajstić information content (AvgIpc) is 2.41. The molecule has 0 saturated carbocycles. The summed E-state index contributed by atoms with van der Waals surface area (Å²) < 4.78 is 5.10. The predicted molar refractivity (Wildman–Crippen MR) is 79.0 cm³/mol. The van der Waals surface area contributed by atoms with Gasteiger partial charge in [0.05, 0.1) is 13.2 Å². The Morgan fingerprint density at radius 3 is 1.67 bits per heavy atom. The van der Waals surface area contributed by atoms with E-state index in [1.807, 2.05) is 6.79 Å². The highest BCUT2D eigenvalue weighted by atomic mass is 16.5. The van der Waals surface area contributed by atoms with E-state index in [1.54, 1.807) is 0 Å². The minimum atomic E-state index is 0.583. The summed E-state index contributed by atoms with van der Waals surface area (Å²) in [5.74, 6) is 0.826. The standard InChI is InChI=1S/C9H20.C5H11NO.CH2O/c1-6-9(5,7-2)8(3)4;1-6-2-4-7-5-3-6;1-2/h8H,6-7H2,1-5H3;2-5H2,1H3;1H2. The molecule has 1 aliphatic heterocycles. The molecule has 0 amide bonds. The van der Waals surface area contributed by atoms with Crippen molar-refractivity contribution in [2.45, 2.75) is 47.5 Å². The normalized spacial score (nSPS) is 16.4. The maximum absolute atomic E-state index is 8.00. The highest BCUT2D eigenvalue weighted by Gasteiger charge is 2.22. The third-order valence-corrected chi connectivity index (χ3v) is 4.24. The maximum Gasteiger partial charge on any atom is 0.106 e. The summed E-state index contributed by atoms with van der Waals surface area (Å²) in [4.78, 5) is 10.3. The van der Waals surface area contributed by atoms with Crippen molar-refractivity contribution in [1.29, 1.82) is 0 Å². The van der Waals surface area contributed by atoms with Crippen LogP contribution < -0.4 is 0 Å². The lowest BCUT2D eigenvalue weighted by Gasteiger charge is -2.31. The first-order chi connectivity index (χ1) is 8.46. The molecular weight excluding hydrogens is 226 g/mol. The molecule has 0 aromatic rings. The summed E-state index contributed by atoms with van der Waals surface area (Å²) in [6, 6.07) is 0. The molecular formula is C15H33NO2. The van der Waals surface area contributed by atoms with Gasteiger partial charge >= 0.3 is 0 Å². The summed E-state index contributed by atoms with van der Waals surface area (Å²) in [5.41, 5.74) is 0.583. The summed E-state index contributed by atoms with van der Waals surface area (Å²) in [6.07, 6.45) is 2.61. The zero-order valence-corrected chi connectivity index (χ0v) is 13.3. The van der Waals surface area contributed by atoms with E-state index in [1.165, 1.54) is 12.8 Å². The van der Waals surface area contributed by atoms with Crippen molar-refractivity contribution in [3.05, 3.63) is 0 Å². The third-order valence-electron chi connectivity index (χ3n) is 4.24. The maximum atomic E-state index is 8.00. The predicted octanol–water partition coefficient (Wildman–Crippen LogP) is 3.23. The van der Waals surface area contributed by atoms with Crippen LogP contribution in [-0.2, 0) is 9.53 Å². The Morgan fingerprint density at radius 2 is 1.56 bits per heavy atom. The zero-order valence-electron chi connectivity index (χ0n) is 13.3. The van der Waals surface area contributed by atoms with Crippen molar-refractivity contribution in [3.8, 4) is 0 Å². The Hall–Kier alpha value is -0.410. The first kappa shape index (κ1) is 19.9. The Balaban J connectivity index is 0. The van der Waals surface area contributed by atoms with Gasteiger partial charge in [0, 0.05) is 13.1 Å². The summed E-state index contributed by atoms with van der Waals surface area (Å²) in [5, 5.41) is 0. The molecule has 1 fully saturated rings. The number of nitrogens with zero attached hydrogens (tertiary/aromatic N) is 1. The molecule has 0 N–H and O–H groups in total. The van der Waals surface area contributed by atoms with Crippen molar-refractivity contribution >= 4 is 6.79 Å². The van der Waals surface area contributed by atoms with Gasteiger partial charge in [0.25, 0.3) is 0 Å². The van der Waals surface area contributed by atoms with Crippen LogP contribution in [0.1, 0.15) is 47.5 Å². The highest BCUT2D eigenvalue weighted by molar-refractivity contribution is 5.10. The lowest BCUT2D eigenvalue weighted by atomic mass is 9.75. The number of morpholine rings is 1. The van der Waals surface area contributed by atoms with Crippen LogP contribution in [0.15, 0.2) is 0 Å². The first-order valence-electron chi connectivity index (χ1n) is 7.01. The third kappa shape index (κ3) is 8.65. The van der Waals surface area contributed by atoms with Gasteiger partial charge in [-0.25, -0.2) is 0 Å². The number of hydrogen-bond donors (Lipinski definition) is 0. The van der Waals surface area contributed by atoms with Gasteiger partial charge < -0.3 is 14.4 Å². The minimum Gasteiger partial charge on any atom is -0.379 e. The monoisotopic (exact) mass is 259 g/mol. The average molecular weight is 259 g/mol. The summed E-state index contributed by atoms with van der Waals surface area (Å²) in [7, 11) is 2.11. The van der Waals surface area contributed by atoms with E-state index < -0.39 is 0 Å². The molecule has 0 spiro atoms. The van der Waals surface area contributed by atoms with Gasteiger partial charge in [-0.1, -0.05) is 47.5 Å². The number of carbonyl (C=O) groups is 1. The molecule has 0 aromatic carbocycles. The van der Waals surface area contributed by atoms with Gasteiger partial charge in [-0.2, -0.15) is 0 Å². The SMILES string of the molecule is C=O.CCC(C)(CC)C(C)C.CN1CCOCC1. The smallest absolute Gasteiger partial charge is 0.106 e. The van der Waals surface area contributed by atoms with Crippen molar-refractivity contribution in [2.75, 3.05) is 33.4 Å². The molecule has 0 radical (unpaired) electrons. The van der Waals surface area contributed by atoms with Crippen molar-refractivity contribution in [3.63, 3.8) is 0 Å². The molecule has 1 saturated heterocycles. The molecule has 0 bridgehead atoms. The van der Waals surface area contributed by atoms with Gasteiger partial charge in [-0.3, -0.25) is 0 Å². The van der Waals surface area contributed by atoms with E-state index in [-0.39, 0.29) is 0 Å². The van der Waals surface area contributed by atoms with Crippen molar-refractivity contribution < 1.29 is 9.53 Å². The second-order valence-corrected chi connectivity index (χ2v) is 5.43. The molecule has 0 aromatic heterocycles. The van der Waals surface area contributed by atoms with Gasteiger partial charge in [0.15, 0.2) is 0 Å². The second-order valence-electron chi connectivity index (χ2n) is 5.43. The molecule has 1 rings (SSSR count). The van der Waals surface area contributed by atoms with E-state index in [0.717, 1.165) is 32.2 Å². The molecule has 0 aliphatic carbocycles. The minimum absolute atomic E-state index is 0.583. The lowest BCUT2D eigenvalue weighted by molar-refractivity contribution is -0.0979. The number of hydrogen-bond acceptors (Lipinski definition) is 3. The van der Waals surface area contributed by atoms with E-state index in [9.17, 15) is 0 Å².